The van der Waals surface area contributed by atoms with Gasteiger partial charge in [-0.3, -0.25) is 0 Å². The Hall–Kier alpha value is -0.870. The van der Waals surface area contributed by atoms with E-state index < -0.39 is 18.2 Å². The van der Waals surface area contributed by atoms with Crippen molar-refractivity contribution in [1.29, 1.82) is 0 Å². The van der Waals surface area contributed by atoms with E-state index in [-0.39, 0.29) is 11.5 Å². The quantitative estimate of drug-likeness (QED) is 0.553. The monoisotopic (exact) mass is 230 g/mol. The second kappa shape index (κ2) is 7.41. The Morgan fingerprint density at radius 3 is 2.25 bits per heavy atom. The third-order valence-electron chi connectivity index (χ3n) is 2.57. The molecular weight excluding hydrogens is 208 g/mol. The molecule has 0 aliphatic carbocycles. The van der Waals surface area contributed by atoms with E-state index in [0.717, 1.165) is 6.42 Å². The van der Waals surface area contributed by atoms with Gasteiger partial charge in [0, 0.05) is 5.57 Å². The number of hydrogen-bond donors (Lipinski definition) is 3. The van der Waals surface area contributed by atoms with Gasteiger partial charge in [0.05, 0.1) is 12.2 Å². The molecule has 0 aliphatic rings. The predicted molar refractivity (Wildman–Crippen MR) is 62.1 cm³/mol. The molecule has 0 bridgehead atoms. The Morgan fingerprint density at radius 2 is 1.88 bits per heavy atom. The molecule has 0 aliphatic heterocycles. The molecular formula is C12H22O4. The molecule has 0 saturated heterocycles. The normalized spacial score (nSPS) is 16.5. The van der Waals surface area contributed by atoms with Crippen molar-refractivity contribution in [2.45, 2.75) is 51.7 Å². The molecule has 0 amide bonds. The van der Waals surface area contributed by atoms with Crippen molar-refractivity contribution >= 4 is 5.97 Å². The fraction of sp³-hybridized carbons (Fsp3) is 0.750. The molecule has 0 radical (unpaired) electrons. The summed E-state index contributed by atoms with van der Waals surface area (Å²) in [5, 5.41) is 27.8. The standard InChI is InChI=1S/C12H22O4/c1-4-5-11(14)7-10(6-8(2)13)9(3)12(15)16/h8,10-11,13-14H,3-7H2,1-2H3,(H,15,16). The first-order valence-corrected chi connectivity index (χ1v) is 5.66. The molecule has 0 rings (SSSR count). The summed E-state index contributed by atoms with van der Waals surface area (Å²) in [7, 11) is 0. The third-order valence-corrected chi connectivity index (χ3v) is 2.57. The summed E-state index contributed by atoms with van der Waals surface area (Å²) in [6.45, 7) is 7.06. The first kappa shape index (κ1) is 15.1. The molecule has 0 aromatic carbocycles. The van der Waals surface area contributed by atoms with Crippen LogP contribution in [0.2, 0.25) is 0 Å². The Kier molecular flexibility index (Phi) is 7.01. The molecule has 0 saturated carbocycles. The van der Waals surface area contributed by atoms with Crippen LogP contribution in [0, 0.1) is 5.92 Å². The van der Waals surface area contributed by atoms with Crippen LogP contribution in [0.4, 0.5) is 0 Å². The number of aliphatic carboxylic acids is 1. The number of carbonyl (C=O) groups is 1. The zero-order valence-corrected chi connectivity index (χ0v) is 10.0. The van der Waals surface area contributed by atoms with Crippen LogP contribution in [0.25, 0.3) is 0 Å². The van der Waals surface area contributed by atoms with Crippen LogP contribution < -0.4 is 0 Å². The minimum atomic E-state index is -1.06. The molecule has 0 aromatic heterocycles. The lowest BCUT2D eigenvalue weighted by Crippen LogP contribution is -2.22. The molecule has 4 heteroatoms. The zero-order chi connectivity index (χ0) is 12.7. The SMILES string of the molecule is C=C(C(=O)O)C(CC(C)O)CC(O)CCC. The van der Waals surface area contributed by atoms with E-state index in [1.54, 1.807) is 6.92 Å². The Labute approximate surface area is 96.6 Å². The van der Waals surface area contributed by atoms with E-state index in [1.165, 1.54) is 0 Å². The first-order valence-electron chi connectivity index (χ1n) is 5.66. The molecule has 0 heterocycles. The molecule has 3 unspecified atom stereocenters. The number of carboxylic acid groups (broad SMARTS) is 1. The second-order valence-electron chi connectivity index (χ2n) is 4.29. The smallest absolute Gasteiger partial charge is 0.331 e. The van der Waals surface area contributed by atoms with Gasteiger partial charge in [-0.1, -0.05) is 19.9 Å². The summed E-state index contributed by atoms with van der Waals surface area (Å²) in [5.41, 5.74) is 0.0658. The van der Waals surface area contributed by atoms with Crippen LogP contribution in [-0.4, -0.2) is 33.5 Å². The number of rotatable bonds is 8. The van der Waals surface area contributed by atoms with E-state index in [9.17, 15) is 15.0 Å². The van der Waals surface area contributed by atoms with E-state index in [1.807, 2.05) is 6.92 Å². The van der Waals surface area contributed by atoms with Crippen LogP contribution in [-0.2, 0) is 4.79 Å². The topological polar surface area (TPSA) is 77.8 Å². The molecule has 3 atom stereocenters. The van der Waals surface area contributed by atoms with Gasteiger partial charge >= 0.3 is 5.97 Å². The van der Waals surface area contributed by atoms with Gasteiger partial charge in [-0.15, -0.1) is 0 Å². The van der Waals surface area contributed by atoms with Gasteiger partial charge in [-0.05, 0) is 32.1 Å². The van der Waals surface area contributed by atoms with E-state index in [0.29, 0.717) is 19.3 Å². The second-order valence-corrected chi connectivity index (χ2v) is 4.29. The van der Waals surface area contributed by atoms with E-state index >= 15 is 0 Å². The predicted octanol–water partition coefficient (Wildman–Crippen LogP) is 1.57. The van der Waals surface area contributed by atoms with Crippen molar-refractivity contribution < 1.29 is 20.1 Å². The van der Waals surface area contributed by atoms with E-state index in [2.05, 4.69) is 6.58 Å². The van der Waals surface area contributed by atoms with Crippen LogP contribution in [0.15, 0.2) is 12.2 Å². The van der Waals surface area contributed by atoms with Crippen molar-refractivity contribution in [1.82, 2.24) is 0 Å². The Balaban J connectivity index is 4.42. The highest BCUT2D eigenvalue weighted by atomic mass is 16.4. The highest BCUT2D eigenvalue weighted by Crippen LogP contribution is 2.23. The number of aliphatic hydroxyl groups excluding tert-OH is 2. The van der Waals surface area contributed by atoms with Gasteiger partial charge in [0.1, 0.15) is 0 Å². The molecule has 94 valence electrons. The van der Waals surface area contributed by atoms with Gasteiger partial charge in [0.15, 0.2) is 0 Å². The molecule has 0 aromatic rings. The fourth-order valence-corrected chi connectivity index (χ4v) is 1.75. The highest BCUT2D eigenvalue weighted by Gasteiger charge is 2.22. The molecule has 0 spiro atoms. The average Bonchev–Trinajstić information content (AvgIpc) is 2.15. The van der Waals surface area contributed by atoms with Crippen molar-refractivity contribution in [3.8, 4) is 0 Å². The lowest BCUT2D eigenvalue weighted by molar-refractivity contribution is -0.133. The van der Waals surface area contributed by atoms with Gasteiger partial charge in [-0.2, -0.15) is 0 Å². The number of hydrogen-bond acceptors (Lipinski definition) is 3. The summed E-state index contributed by atoms with van der Waals surface area (Å²) in [6, 6.07) is 0. The number of aliphatic hydroxyl groups is 2. The number of carboxylic acids is 1. The summed E-state index contributed by atoms with van der Waals surface area (Å²) in [5.74, 6) is -1.42. The maximum Gasteiger partial charge on any atom is 0.331 e. The lowest BCUT2D eigenvalue weighted by atomic mass is 9.88. The van der Waals surface area contributed by atoms with E-state index in [4.69, 9.17) is 5.11 Å². The maximum atomic E-state index is 10.8. The minimum Gasteiger partial charge on any atom is -0.478 e. The molecule has 3 N–H and O–H groups in total. The Bertz CT molecular complexity index is 235. The summed E-state index contributed by atoms with van der Waals surface area (Å²) in [6.07, 6.45) is 1.06. The van der Waals surface area contributed by atoms with Crippen molar-refractivity contribution in [3.63, 3.8) is 0 Å². The minimum absolute atomic E-state index is 0.0658. The first-order chi connectivity index (χ1) is 7.38. The van der Waals surface area contributed by atoms with Crippen molar-refractivity contribution in [2.75, 3.05) is 0 Å². The highest BCUT2D eigenvalue weighted by molar-refractivity contribution is 5.86. The molecule has 4 nitrogen and oxygen atoms in total. The van der Waals surface area contributed by atoms with Gasteiger partial charge < -0.3 is 15.3 Å². The van der Waals surface area contributed by atoms with Crippen LogP contribution in [0.5, 0.6) is 0 Å². The maximum absolute atomic E-state index is 10.8. The van der Waals surface area contributed by atoms with Crippen molar-refractivity contribution in [2.24, 2.45) is 5.92 Å². The van der Waals surface area contributed by atoms with Crippen LogP contribution in [0.3, 0.4) is 0 Å². The summed E-state index contributed by atoms with van der Waals surface area (Å²) >= 11 is 0. The fourth-order valence-electron chi connectivity index (χ4n) is 1.75. The average molecular weight is 230 g/mol. The Morgan fingerprint density at radius 1 is 1.31 bits per heavy atom. The largest absolute Gasteiger partial charge is 0.478 e. The van der Waals surface area contributed by atoms with Gasteiger partial charge in [-0.25, -0.2) is 4.79 Å². The van der Waals surface area contributed by atoms with Crippen LogP contribution in [0.1, 0.15) is 39.5 Å². The van der Waals surface area contributed by atoms with Gasteiger partial charge in [0.2, 0.25) is 0 Å². The van der Waals surface area contributed by atoms with Crippen LogP contribution >= 0.6 is 0 Å². The van der Waals surface area contributed by atoms with Gasteiger partial charge in [0.25, 0.3) is 0 Å². The molecule has 16 heavy (non-hydrogen) atoms. The summed E-state index contributed by atoms with van der Waals surface area (Å²) in [4.78, 5) is 10.8. The molecule has 0 fully saturated rings. The lowest BCUT2D eigenvalue weighted by Gasteiger charge is -2.21. The summed E-state index contributed by atoms with van der Waals surface area (Å²) < 4.78 is 0. The zero-order valence-electron chi connectivity index (χ0n) is 10.0. The third kappa shape index (κ3) is 5.88. The van der Waals surface area contributed by atoms with Crippen molar-refractivity contribution in [3.05, 3.63) is 12.2 Å².